The fraction of sp³-hybridized carbons (Fsp3) is 0.500. The minimum Gasteiger partial charge on any atom is -0.497 e. The Morgan fingerprint density at radius 3 is 2.22 bits per heavy atom. The Balaban J connectivity index is 1.45. The molecule has 2 saturated carbocycles. The maximum atomic E-state index is 13.3. The molecule has 4 rings (SSSR count). The van der Waals surface area contributed by atoms with E-state index in [0.717, 1.165) is 49.2 Å². The van der Waals surface area contributed by atoms with Gasteiger partial charge in [0, 0.05) is 11.6 Å². The zero-order valence-electron chi connectivity index (χ0n) is 16.4. The summed E-state index contributed by atoms with van der Waals surface area (Å²) in [6.45, 7) is 2.10. The van der Waals surface area contributed by atoms with E-state index in [2.05, 4.69) is 31.2 Å². The van der Waals surface area contributed by atoms with Crippen LogP contribution in [0.15, 0.2) is 36.4 Å². The monoisotopic (exact) mass is 363 g/mol. The van der Waals surface area contributed by atoms with Gasteiger partial charge in [-0.15, -0.1) is 0 Å². The topological polar surface area (TPSA) is 39.2 Å². The van der Waals surface area contributed by atoms with E-state index in [0.29, 0.717) is 17.6 Å². The van der Waals surface area contributed by atoms with Gasteiger partial charge in [-0.2, -0.15) is 0 Å². The third kappa shape index (κ3) is 3.92. The van der Waals surface area contributed by atoms with E-state index in [9.17, 15) is 4.79 Å². The molecule has 27 heavy (non-hydrogen) atoms. The zero-order valence-corrected chi connectivity index (χ0v) is 16.4. The fourth-order valence-electron chi connectivity index (χ4n) is 4.39. The average Bonchev–Trinajstić information content (AvgIpc) is 3.58. The first kappa shape index (κ1) is 18.2. The Labute approximate surface area is 162 Å². The van der Waals surface area contributed by atoms with Crippen LogP contribution in [-0.2, 0) is 6.42 Å². The Morgan fingerprint density at radius 2 is 1.63 bits per heavy atom. The smallest absolute Gasteiger partial charge is 0.184 e. The van der Waals surface area contributed by atoms with Crippen molar-refractivity contribution < 1.29 is 9.53 Å². The maximum absolute atomic E-state index is 13.3. The van der Waals surface area contributed by atoms with Gasteiger partial charge in [-0.1, -0.05) is 25.1 Å². The van der Waals surface area contributed by atoms with Crippen LogP contribution in [0.25, 0.3) is 0 Å². The van der Waals surface area contributed by atoms with Crippen molar-refractivity contribution in [3.05, 3.63) is 58.9 Å². The van der Waals surface area contributed by atoms with Gasteiger partial charge in [0.15, 0.2) is 5.78 Å². The summed E-state index contributed by atoms with van der Waals surface area (Å²) >= 11 is 0. The van der Waals surface area contributed by atoms with E-state index in [4.69, 9.17) is 9.72 Å². The SMILES string of the molecule is CCc1ccc(C2CC2)c(C(=O)C2CCC(c3ccc(OC)cc3)CC2)n1. The molecule has 0 saturated heterocycles. The van der Waals surface area contributed by atoms with E-state index in [-0.39, 0.29) is 5.92 Å². The third-order valence-corrected chi connectivity index (χ3v) is 6.28. The molecule has 2 aliphatic rings. The van der Waals surface area contributed by atoms with E-state index in [1.165, 1.54) is 24.0 Å². The molecule has 0 amide bonds. The van der Waals surface area contributed by atoms with Gasteiger partial charge in [0.25, 0.3) is 0 Å². The summed E-state index contributed by atoms with van der Waals surface area (Å²) in [4.78, 5) is 18.0. The first-order chi connectivity index (χ1) is 13.2. The zero-order chi connectivity index (χ0) is 18.8. The summed E-state index contributed by atoms with van der Waals surface area (Å²) in [7, 11) is 1.70. The molecule has 2 aromatic rings. The van der Waals surface area contributed by atoms with Crippen LogP contribution in [0.5, 0.6) is 5.75 Å². The number of aromatic nitrogens is 1. The fourth-order valence-corrected chi connectivity index (χ4v) is 4.39. The van der Waals surface area contributed by atoms with Crippen molar-refractivity contribution in [2.24, 2.45) is 5.92 Å². The second-order valence-electron chi connectivity index (χ2n) is 8.05. The first-order valence-corrected chi connectivity index (χ1v) is 10.4. The summed E-state index contributed by atoms with van der Waals surface area (Å²) in [6, 6.07) is 12.7. The normalized spacial score (nSPS) is 22.4. The number of carbonyl (C=O) groups is 1. The molecule has 0 atom stereocenters. The second-order valence-corrected chi connectivity index (χ2v) is 8.05. The number of hydrogen-bond acceptors (Lipinski definition) is 3. The number of hydrogen-bond donors (Lipinski definition) is 0. The van der Waals surface area contributed by atoms with Crippen LogP contribution in [0.3, 0.4) is 0 Å². The molecule has 0 bridgehead atoms. The molecule has 3 heteroatoms. The second kappa shape index (κ2) is 7.84. The van der Waals surface area contributed by atoms with E-state index in [1.807, 2.05) is 12.1 Å². The highest BCUT2D eigenvalue weighted by molar-refractivity contribution is 5.97. The number of ketones is 1. The van der Waals surface area contributed by atoms with Gasteiger partial charge in [0.1, 0.15) is 11.4 Å². The van der Waals surface area contributed by atoms with E-state index < -0.39 is 0 Å². The lowest BCUT2D eigenvalue weighted by Gasteiger charge is -2.28. The number of rotatable bonds is 6. The van der Waals surface area contributed by atoms with Crippen LogP contribution < -0.4 is 4.74 Å². The largest absolute Gasteiger partial charge is 0.497 e. The Bertz CT molecular complexity index is 800. The average molecular weight is 364 g/mol. The van der Waals surface area contributed by atoms with Gasteiger partial charge in [-0.25, -0.2) is 4.98 Å². The summed E-state index contributed by atoms with van der Waals surface area (Å²) in [5, 5.41) is 0. The van der Waals surface area contributed by atoms with Crippen LogP contribution in [-0.4, -0.2) is 17.9 Å². The molecule has 2 fully saturated rings. The third-order valence-electron chi connectivity index (χ3n) is 6.28. The minimum atomic E-state index is 0.136. The van der Waals surface area contributed by atoms with Crippen molar-refractivity contribution in [3.8, 4) is 5.75 Å². The molecule has 0 aliphatic heterocycles. The van der Waals surface area contributed by atoms with Crippen LogP contribution in [0.4, 0.5) is 0 Å². The molecular formula is C24H29NO2. The van der Waals surface area contributed by atoms with Gasteiger partial charge >= 0.3 is 0 Å². The van der Waals surface area contributed by atoms with E-state index >= 15 is 0 Å². The number of carbonyl (C=O) groups excluding carboxylic acids is 1. The van der Waals surface area contributed by atoms with Gasteiger partial charge in [0.05, 0.1) is 7.11 Å². The number of aryl methyl sites for hydroxylation is 1. The van der Waals surface area contributed by atoms with Crippen molar-refractivity contribution in [1.29, 1.82) is 0 Å². The van der Waals surface area contributed by atoms with Crippen molar-refractivity contribution >= 4 is 5.78 Å². The number of Topliss-reactive ketones (excluding diaryl/α,β-unsaturated/α-hetero) is 1. The molecule has 2 aliphatic carbocycles. The van der Waals surface area contributed by atoms with Crippen LogP contribution in [0.2, 0.25) is 0 Å². The highest BCUT2D eigenvalue weighted by Gasteiger charge is 2.33. The highest BCUT2D eigenvalue weighted by Crippen LogP contribution is 2.43. The summed E-state index contributed by atoms with van der Waals surface area (Å²) in [5.74, 6) is 2.45. The lowest BCUT2D eigenvalue weighted by atomic mass is 9.76. The molecule has 0 radical (unpaired) electrons. The van der Waals surface area contributed by atoms with Crippen LogP contribution in [0, 0.1) is 5.92 Å². The van der Waals surface area contributed by atoms with Gasteiger partial charge in [-0.3, -0.25) is 4.79 Å². The lowest BCUT2D eigenvalue weighted by molar-refractivity contribution is 0.0877. The van der Waals surface area contributed by atoms with Gasteiger partial charge in [0.2, 0.25) is 0 Å². The number of nitrogens with zero attached hydrogens (tertiary/aromatic N) is 1. The quantitative estimate of drug-likeness (QED) is 0.619. The standard InChI is InChI=1S/C24H29NO2/c1-3-20-12-15-22(18-6-7-18)23(25-20)24(26)19-8-4-16(5-9-19)17-10-13-21(27-2)14-11-17/h10-16,18-19H,3-9H2,1-2H3. The highest BCUT2D eigenvalue weighted by atomic mass is 16.5. The lowest BCUT2D eigenvalue weighted by Crippen LogP contribution is -2.23. The van der Waals surface area contributed by atoms with Crippen molar-refractivity contribution in [3.63, 3.8) is 0 Å². The predicted octanol–water partition coefficient (Wildman–Crippen LogP) is 5.69. The molecule has 0 unspecified atom stereocenters. The van der Waals surface area contributed by atoms with Crippen molar-refractivity contribution in [2.75, 3.05) is 7.11 Å². The Kier molecular flexibility index (Phi) is 5.29. The summed E-state index contributed by atoms with van der Waals surface area (Å²) < 4.78 is 5.26. The molecule has 0 spiro atoms. The number of pyridine rings is 1. The molecule has 0 N–H and O–H groups in total. The molecule has 142 valence electrons. The van der Waals surface area contributed by atoms with Crippen LogP contribution >= 0.6 is 0 Å². The Hall–Kier alpha value is -2.16. The molecule has 1 aromatic carbocycles. The van der Waals surface area contributed by atoms with Crippen molar-refractivity contribution in [2.45, 2.75) is 63.7 Å². The number of methoxy groups -OCH3 is 1. The van der Waals surface area contributed by atoms with Crippen molar-refractivity contribution in [1.82, 2.24) is 4.98 Å². The summed E-state index contributed by atoms with van der Waals surface area (Å²) in [6.07, 6.45) is 7.39. The summed E-state index contributed by atoms with van der Waals surface area (Å²) in [5.41, 5.74) is 4.39. The molecular weight excluding hydrogens is 334 g/mol. The minimum absolute atomic E-state index is 0.136. The molecule has 1 aromatic heterocycles. The molecule has 3 nitrogen and oxygen atoms in total. The maximum Gasteiger partial charge on any atom is 0.184 e. The van der Waals surface area contributed by atoms with Gasteiger partial charge < -0.3 is 4.74 Å². The van der Waals surface area contributed by atoms with E-state index in [1.54, 1.807) is 7.11 Å². The van der Waals surface area contributed by atoms with Crippen LogP contribution in [0.1, 0.15) is 84.6 Å². The van der Waals surface area contributed by atoms with Gasteiger partial charge in [-0.05, 0) is 86.1 Å². The predicted molar refractivity (Wildman–Crippen MR) is 108 cm³/mol. The Morgan fingerprint density at radius 1 is 0.963 bits per heavy atom. The number of ether oxygens (including phenoxy) is 1. The number of benzene rings is 1. The first-order valence-electron chi connectivity index (χ1n) is 10.4. The molecule has 1 heterocycles.